The Kier molecular flexibility index (Phi) is 2.25. The summed E-state index contributed by atoms with van der Waals surface area (Å²) in [7, 11) is 0. The number of hydrogen-bond donors (Lipinski definition) is 3. The predicted molar refractivity (Wildman–Crippen MR) is 57.2 cm³/mol. The molecule has 1 aliphatic heterocycles. The molecule has 1 saturated heterocycles. The summed E-state index contributed by atoms with van der Waals surface area (Å²) in [5.74, 6) is -2.93. The van der Waals surface area contributed by atoms with Gasteiger partial charge in [0.1, 0.15) is 18.0 Å². The van der Waals surface area contributed by atoms with Gasteiger partial charge in [0.2, 0.25) is 5.85 Å². The molecule has 0 radical (unpaired) electrons. The number of aliphatic hydroxyl groups is 2. The molecule has 4 N–H and O–H groups in total. The molecule has 8 heteroatoms. The topological polar surface area (TPSA) is 111 Å². The molecule has 0 bridgehead atoms. The van der Waals surface area contributed by atoms with Crippen molar-refractivity contribution in [3.05, 3.63) is 22.7 Å². The molecule has 3 rings (SSSR count). The highest BCUT2D eigenvalue weighted by atomic mass is 19.2. The zero-order valence-electron chi connectivity index (χ0n) is 9.23. The number of hydrogen-bond acceptors (Lipinski definition) is 6. The first-order valence-electron chi connectivity index (χ1n) is 5.49. The number of nitrogens with zero attached hydrogens (tertiary/aromatic N) is 2. The highest BCUT2D eigenvalue weighted by molar-refractivity contribution is 5.26. The molecule has 0 aromatic carbocycles. The molecule has 5 atom stereocenters. The van der Waals surface area contributed by atoms with Crippen molar-refractivity contribution in [2.24, 2.45) is 5.92 Å². The van der Waals surface area contributed by atoms with E-state index in [1.165, 1.54) is 12.3 Å². The Morgan fingerprint density at radius 2 is 2.39 bits per heavy atom. The van der Waals surface area contributed by atoms with Crippen LogP contribution in [0.25, 0.3) is 0 Å². The van der Waals surface area contributed by atoms with E-state index in [2.05, 4.69) is 4.98 Å². The molecule has 1 aromatic heterocycles. The summed E-state index contributed by atoms with van der Waals surface area (Å²) in [4.78, 5) is 15.1. The molecule has 0 spiro atoms. The highest BCUT2D eigenvalue weighted by Crippen LogP contribution is 2.64. The van der Waals surface area contributed by atoms with Crippen molar-refractivity contribution in [1.82, 2.24) is 9.55 Å². The molecule has 1 aromatic rings. The van der Waals surface area contributed by atoms with Gasteiger partial charge in [-0.05, 0) is 6.07 Å². The number of rotatable bonds is 2. The van der Waals surface area contributed by atoms with Crippen LogP contribution in [0, 0.1) is 5.92 Å². The zero-order valence-corrected chi connectivity index (χ0v) is 9.23. The predicted octanol–water partition coefficient (Wildman–Crippen LogP) is -1.59. The Labute approximate surface area is 101 Å². The number of aromatic nitrogens is 2. The van der Waals surface area contributed by atoms with Gasteiger partial charge >= 0.3 is 5.69 Å². The van der Waals surface area contributed by atoms with E-state index in [9.17, 15) is 14.3 Å². The Hall–Kier alpha value is -1.51. The fourth-order valence-electron chi connectivity index (χ4n) is 2.59. The van der Waals surface area contributed by atoms with Crippen LogP contribution >= 0.6 is 0 Å². The average molecular weight is 257 g/mol. The molecule has 3 unspecified atom stereocenters. The highest BCUT2D eigenvalue weighted by Gasteiger charge is 2.78. The Morgan fingerprint density at radius 3 is 2.89 bits per heavy atom. The van der Waals surface area contributed by atoms with E-state index in [1.807, 2.05) is 0 Å². The van der Waals surface area contributed by atoms with Crippen molar-refractivity contribution in [3.8, 4) is 0 Å². The molecular formula is C10H12FN3O4. The molecular weight excluding hydrogens is 245 g/mol. The van der Waals surface area contributed by atoms with Gasteiger partial charge in [0.25, 0.3) is 0 Å². The minimum absolute atomic E-state index is 0.0460. The van der Waals surface area contributed by atoms with E-state index in [0.717, 1.165) is 4.57 Å². The number of aliphatic hydroxyl groups excluding tert-OH is 2. The maximum absolute atomic E-state index is 14.3. The van der Waals surface area contributed by atoms with E-state index in [1.54, 1.807) is 0 Å². The molecule has 98 valence electrons. The SMILES string of the molecule is Nc1ccn([C@H]2C3C(O)[C@@H](CO)OC32F)c(=O)n1. The molecule has 2 aliphatic rings. The van der Waals surface area contributed by atoms with Crippen LogP contribution in [0.3, 0.4) is 0 Å². The van der Waals surface area contributed by atoms with E-state index in [0.29, 0.717) is 0 Å². The lowest BCUT2D eigenvalue weighted by Crippen LogP contribution is -2.34. The third kappa shape index (κ3) is 1.33. The second-order valence-corrected chi connectivity index (χ2v) is 4.54. The summed E-state index contributed by atoms with van der Waals surface area (Å²) >= 11 is 0. The maximum Gasteiger partial charge on any atom is 0.349 e. The maximum atomic E-state index is 14.3. The van der Waals surface area contributed by atoms with Crippen LogP contribution in [-0.2, 0) is 4.74 Å². The summed E-state index contributed by atoms with van der Waals surface area (Å²) in [6.45, 7) is -0.467. The van der Waals surface area contributed by atoms with Crippen LogP contribution in [0.5, 0.6) is 0 Å². The van der Waals surface area contributed by atoms with Crippen molar-refractivity contribution >= 4 is 5.82 Å². The van der Waals surface area contributed by atoms with Gasteiger partial charge in [-0.1, -0.05) is 0 Å². The molecule has 18 heavy (non-hydrogen) atoms. The van der Waals surface area contributed by atoms with Crippen molar-refractivity contribution in [1.29, 1.82) is 0 Å². The third-order valence-electron chi connectivity index (χ3n) is 3.50. The summed E-state index contributed by atoms with van der Waals surface area (Å²) in [5, 5.41) is 18.6. The van der Waals surface area contributed by atoms with Gasteiger partial charge in [0.05, 0.1) is 18.6 Å². The summed E-state index contributed by atoms with van der Waals surface area (Å²) in [6.07, 6.45) is -0.776. The number of ether oxygens (including phenoxy) is 1. The fraction of sp³-hybridized carbons (Fsp3) is 0.600. The van der Waals surface area contributed by atoms with Crippen molar-refractivity contribution in [2.45, 2.75) is 24.1 Å². The second-order valence-electron chi connectivity index (χ2n) is 4.54. The third-order valence-corrected chi connectivity index (χ3v) is 3.50. The summed E-state index contributed by atoms with van der Waals surface area (Å²) < 4.78 is 20.3. The number of nitrogen functional groups attached to an aromatic ring is 1. The van der Waals surface area contributed by atoms with Gasteiger partial charge < -0.3 is 20.7 Å². The Morgan fingerprint density at radius 1 is 1.67 bits per heavy atom. The standard InChI is InChI=1S/C10H12FN3O4/c11-10-6(7(16)4(3-15)18-10)8(10)14-2-1-5(12)13-9(14)17/h1-2,4,6-8,15-16H,3H2,(H2,12,13,17)/t4-,6?,7?,8+,10?/m1/s1. The minimum atomic E-state index is -2.12. The monoisotopic (exact) mass is 257 g/mol. The van der Waals surface area contributed by atoms with Gasteiger partial charge in [-0.3, -0.25) is 4.57 Å². The van der Waals surface area contributed by atoms with Crippen molar-refractivity contribution in [2.75, 3.05) is 12.3 Å². The van der Waals surface area contributed by atoms with Gasteiger partial charge in [-0.2, -0.15) is 4.98 Å². The van der Waals surface area contributed by atoms with Crippen LogP contribution in [0.15, 0.2) is 17.1 Å². The van der Waals surface area contributed by atoms with Crippen molar-refractivity contribution < 1.29 is 19.3 Å². The normalized spacial score (nSPS) is 41.7. The van der Waals surface area contributed by atoms with Gasteiger partial charge in [-0.25, -0.2) is 9.18 Å². The molecule has 0 amide bonds. The number of alkyl halides is 1. The second kappa shape index (κ2) is 3.50. The van der Waals surface area contributed by atoms with Gasteiger partial charge in [0.15, 0.2) is 0 Å². The number of halogens is 1. The molecule has 2 heterocycles. The Balaban J connectivity index is 1.92. The van der Waals surface area contributed by atoms with E-state index >= 15 is 0 Å². The first kappa shape index (κ1) is 11.6. The first-order valence-corrected chi connectivity index (χ1v) is 5.49. The lowest BCUT2D eigenvalue weighted by Gasteiger charge is -2.18. The summed E-state index contributed by atoms with van der Waals surface area (Å²) in [6, 6.07) is 0.449. The quantitative estimate of drug-likeness (QED) is 0.589. The van der Waals surface area contributed by atoms with E-state index in [4.69, 9.17) is 15.6 Å². The first-order chi connectivity index (χ1) is 8.49. The zero-order chi connectivity index (χ0) is 13.1. The lowest BCUT2D eigenvalue weighted by atomic mass is 10.1. The minimum Gasteiger partial charge on any atom is -0.394 e. The molecule has 2 fully saturated rings. The van der Waals surface area contributed by atoms with Gasteiger partial charge in [0, 0.05) is 6.20 Å². The number of fused-ring (bicyclic) bond motifs is 1. The van der Waals surface area contributed by atoms with Crippen molar-refractivity contribution in [3.63, 3.8) is 0 Å². The van der Waals surface area contributed by atoms with E-state index < -0.39 is 42.3 Å². The Bertz CT molecular complexity index is 550. The lowest BCUT2D eigenvalue weighted by molar-refractivity contribution is -0.121. The van der Waals surface area contributed by atoms with Gasteiger partial charge in [-0.15, -0.1) is 0 Å². The number of anilines is 1. The molecule has 1 saturated carbocycles. The van der Waals surface area contributed by atoms with Crippen LogP contribution in [-0.4, -0.2) is 44.4 Å². The smallest absolute Gasteiger partial charge is 0.349 e. The van der Waals surface area contributed by atoms with Crippen LogP contribution in [0.2, 0.25) is 0 Å². The largest absolute Gasteiger partial charge is 0.394 e. The summed E-state index contributed by atoms with van der Waals surface area (Å²) in [5.41, 5.74) is 4.64. The van der Waals surface area contributed by atoms with Crippen LogP contribution < -0.4 is 11.4 Å². The fourth-order valence-corrected chi connectivity index (χ4v) is 2.59. The molecule has 1 aliphatic carbocycles. The van der Waals surface area contributed by atoms with E-state index in [-0.39, 0.29) is 5.82 Å². The van der Waals surface area contributed by atoms with Crippen LogP contribution in [0.4, 0.5) is 10.2 Å². The molecule has 7 nitrogen and oxygen atoms in total. The average Bonchev–Trinajstić information content (AvgIpc) is 2.81. The van der Waals surface area contributed by atoms with Crippen LogP contribution in [0.1, 0.15) is 6.04 Å². The number of nitrogens with two attached hydrogens (primary N) is 1.